The first-order valence-corrected chi connectivity index (χ1v) is 9.81. The van der Waals surface area contributed by atoms with E-state index in [9.17, 15) is 4.79 Å². The Balaban J connectivity index is 1.43. The highest BCUT2D eigenvalue weighted by molar-refractivity contribution is 7.99. The van der Waals surface area contributed by atoms with Crippen molar-refractivity contribution in [1.29, 1.82) is 0 Å². The number of thioether (sulfide) groups is 1. The second kappa shape index (κ2) is 7.04. The zero-order valence-electron chi connectivity index (χ0n) is 13.9. The minimum absolute atomic E-state index is 0.0224. The van der Waals surface area contributed by atoms with Crippen molar-refractivity contribution in [2.45, 2.75) is 25.2 Å². The summed E-state index contributed by atoms with van der Waals surface area (Å²) in [5, 5.41) is 3.19. The van der Waals surface area contributed by atoms with E-state index in [0.717, 1.165) is 49.6 Å². The summed E-state index contributed by atoms with van der Waals surface area (Å²) in [6.07, 6.45) is 1.13. The largest absolute Gasteiger partial charge is 0.379 e. The predicted molar refractivity (Wildman–Crippen MR) is 94.3 cm³/mol. The Kier molecular flexibility index (Phi) is 4.81. The van der Waals surface area contributed by atoms with Crippen molar-refractivity contribution in [2.24, 2.45) is 0 Å². The van der Waals surface area contributed by atoms with Crippen molar-refractivity contribution >= 4 is 17.7 Å². The van der Waals surface area contributed by atoms with Gasteiger partial charge in [0.1, 0.15) is 0 Å². The van der Waals surface area contributed by atoms with Gasteiger partial charge in [-0.1, -0.05) is 6.07 Å². The molecule has 0 aliphatic carbocycles. The molecule has 2 fully saturated rings. The molecule has 0 bridgehead atoms. The Hall–Kier alpha value is -1.08. The molecule has 1 unspecified atom stereocenters. The first-order chi connectivity index (χ1) is 11.8. The van der Waals surface area contributed by atoms with Gasteiger partial charge in [-0.15, -0.1) is 0 Å². The van der Waals surface area contributed by atoms with E-state index in [-0.39, 0.29) is 11.4 Å². The summed E-state index contributed by atoms with van der Waals surface area (Å²) < 4.78 is 10.9. The molecule has 1 aromatic carbocycles. The molecule has 0 spiro atoms. The van der Waals surface area contributed by atoms with Gasteiger partial charge in [-0.2, -0.15) is 11.8 Å². The predicted octanol–water partition coefficient (Wildman–Crippen LogP) is 1.65. The molecule has 6 heteroatoms. The van der Waals surface area contributed by atoms with Crippen molar-refractivity contribution in [2.75, 3.05) is 44.4 Å². The van der Waals surface area contributed by atoms with E-state index in [1.165, 1.54) is 11.3 Å². The second-order valence-corrected chi connectivity index (χ2v) is 7.89. The molecule has 3 aliphatic rings. The molecule has 1 aromatic rings. The van der Waals surface area contributed by atoms with Gasteiger partial charge in [-0.3, -0.25) is 9.69 Å². The zero-order valence-corrected chi connectivity index (χ0v) is 14.7. The third-order valence-electron chi connectivity index (χ3n) is 5.33. The average Bonchev–Trinajstić information content (AvgIpc) is 3.30. The topological polar surface area (TPSA) is 50.8 Å². The number of hydrogen-bond donors (Lipinski definition) is 1. The number of fused-ring (bicyclic) bond motifs is 1. The molecule has 0 aromatic heterocycles. The van der Waals surface area contributed by atoms with Crippen molar-refractivity contribution in [1.82, 2.24) is 10.2 Å². The Morgan fingerprint density at radius 2 is 2.04 bits per heavy atom. The fourth-order valence-electron chi connectivity index (χ4n) is 3.79. The Morgan fingerprint density at radius 1 is 1.21 bits per heavy atom. The molecule has 1 amide bonds. The Labute approximate surface area is 147 Å². The third-order valence-corrected chi connectivity index (χ3v) is 6.56. The second-order valence-electron chi connectivity index (χ2n) is 6.79. The molecule has 3 heterocycles. The molecule has 1 atom stereocenters. The molecule has 0 radical (unpaired) electrons. The van der Waals surface area contributed by atoms with Crippen LogP contribution in [-0.2, 0) is 22.7 Å². The fraction of sp³-hybridized carbons (Fsp3) is 0.611. The van der Waals surface area contributed by atoms with E-state index >= 15 is 0 Å². The van der Waals surface area contributed by atoms with E-state index in [1.807, 2.05) is 30.0 Å². The molecule has 4 rings (SSSR count). The van der Waals surface area contributed by atoms with Crippen LogP contribution in [0.25, 0.3) is 0 Å². The van der Waals surface area contributed by atoms with Gasteiger partial charge in [0.05, 0.1) is 26.4 Å². The van der Waals surface area contributed by atoms with Gasteiger partial charge in [-0.05, 0) is 35.4 Å². The summed E-state index contributed by atoms with van der Waals surface area (Å²) in [6, 6.07) is 5.90. The van der Waals surface area contributed by atoms with Crippen molar-refractivity contribution < 1.29 is 14.3 Å². The average molecular weight is 348 g/mol. The number of amides is 1. The number of carbonyl (C=O) groups excluding carboxylic acids is 1. The standard InChI is InChI=1S/C18H24N2O3S/c21-17(14-1-2-15-10-23-11-16(15)9-14)19-12-18(3-8-24-13-18)20-4-6-22-7-5-20/h1-2,9H,3-8,10-13H2,(H,19,21). The lowest BCUT2D eigenvalue weighted by Gasteiger charge is -2.43. The monoisotopic (exact) mass is 348 g/mol. The van der Waals surface area contributed by atoms with Crippen LogP contribution in [0.2, 0.25) is 0 Å². The molecule has 1 N–H and O–H groups in total. The van der Waals surface area contributed by atoms with Gasteiger partial charge in [0.25, 0.3) is 5.91 Å². The molecule has 2 saturated heterocycles. The number of nitrogens with one attached hydrogen (secondary N) is 1. The van der Waals surface area contributed by atoms with Crippen molar-refractivity contribution in [3.05, 3.63) is 34.9 Å². The highest BCUT2D eigenvalue weighted by atomic mass is 32.2. The minimum atomic E-state index is 0.0224. The van der Waals surface area contributed by atoms with Crippen LogP contribution in [0.5, 0.6) is 0 Å². The smallest absolute Gasteiger partial charge is 0.251 e. The summed E-state index contributed by atoms with van der Waals surface area (Å²) >= 11 is 1.99. The van der Waals surface area contributed by atoms with Crippen molar-refractivity contribution in [3.63, 3.8) is 0 Å². The fourth-order valence-corrected chi connectivity index (χ4v) is 5.27. The maximum atomic E-state index is 12.6. The van der Waals surface area contributed by atoms with Crippen LogP contribution in [-0.4, -0.2) is 60.7 Å². The quantitative estimate of drug-likeness (QED) is 0.897. The normalized spacial score (nSPS) is 27.2. The number of rotatable bonds is 4. The zero-order chi connectivity index (χ0) is 16.4. The molecule has 3 aliphatic heterocycles. The van der Waals surface area contributed by atoms with Gasteiger partial charge in [-0.25, -0.2) is 0 Å². The highest BCUT2D eigenvalue weighted by Crippen LogP contribution is 2.33. The highest BCUT2D eigenvalue weighted by Gasteiger charge is 2.40. The summed E-state index contributed by atoms with van der Waals surface area (Å²) in [5.41, 5.74) is 3.16. The molecule has 24 heavy (non-hydrogen) atoms. The number of benzene rings is 1. The molecule has 130 valence electrons. The first kappa shape index (κ1) is 16.4. The third kappa shape index (κ3) is 3.20. The number of carbonyl (C=O) groups is 1. The SMILES string of the molecule is O=C(NCC1(N2CCOCC2)CCSC1)c1ccc2c(c1)COC2. The first-order valence-electron chi connectivity index (χ1n) is 8.65. The van der Waals surface area contributed by atoms with Crippen LogP contribution >= 0.6 is 11.8 Å². The molecular formula is C18H24N2O3S. The van der Waals surface area contributed by atoms with Gasteiger partial charge in [0.15, 0.2) is 0 Å². The van der Waals surface area contributed by atoms with Crippen LogP contribution in [0.1, 0.15) is 27.9 Å². The van der Waals surface area contributed by atoms with E-state index in [1.54, 1.807) is 0 Å². The molecule has 0 saturated carbocycles. The Morgan fingerprint density at radius 3 is 2.83 bits per heavy atom. The van der Waals surface area contributed by atoms with Crippen LogP contribution in [0.3, 0.4) is 0 Å². The van der Waals surface area contributed by atoms with Crippen LogP contribution in [0, 0.1) is 0 Å². The van der Waals surface area contributed by atoms with E-state index in [0.29, 0.717) is 19.8 Å². The van der Waals surface area contributed by atoms with Gasteiger partial charge in [0, 0.05) is 36.5 Å². The maximum absolute atomic E-state index is 12.6. The summed E-state index contributed by atoms with van der Waals surface area (Å²) in [7, 11) is 0. The van der Waals surface area contributed by atoms with Crippen molar-refractivity contribution in [3.8, 4) is 0 Å². The lowest BCUT2D eigenvalue weighted by molar-refractivity contribution is -0.0129. The number of hydrogen-bond acceptors (Lipinski definition) is 5. The molecule has 5 nitrogen and oxygen atoms in total. The van der Waals surface area contributed by atoms with Crippen LogP contribution in [0.15, 0.2) is 18.2 Å². The summed E-state index contributed by atoms with van der Waals surface area (Å²) in [6.45, 7) is 5.52. The lowest BCUT2D eigenvalue weighted by Crippen LogP contribution is -2.59. The summed E-state index contributed by atoms with van der Waals surface area (Å²) in [4.78, 5) is 15.1. The minimum Gasteiger partial charge on any atom is -0.379 e. The van der Waals surface area contributed by atoms with Gasteiger partial charge >= 0.3 is 0 Å². The maximum Gasteiger partial charge on any atom is 0.251 e. The number of ether oxygens (including phenoxy) is 2. The van der Waals surface area contributed by atoms with Gasteiger partial charge < -0.3 is 14.8 Å². The lowest BCUT2D eigenvalue weighted by atomic mass is 9.95. The van der Waals surface area contributed by atoms with E-state index < -0.39 is 0 Å². The van der Waals surface area contributed by atoms with Gasteiger partial charge in [0.2, 0.25) is 0 Å². The number of nitrogens with zero attached hydrogens (tertiary/aromatic N) is 1. The number of morpholine rings is 1. The molecular weight excluding hydrogens is 324 g/mol. The van der Waals surface area contributed by atoms with Crippen LogP contribution in [0.4, 0.5) is 0 Å². The van der Waals surface area contributed by atoms with E-state index in [4.69, 9.17) is 9.47 Å². The van der Waals surface area contributed by atoms with Crippen LogP contribution < -0.4 is 5.32 Å². The van der Waals surface area contributed by atoms with E-state index in [2.05, 4.69) is 10.2 Å². The summed E-state index contributed by atoms with van der Waals surface area (Å²) in [5.74, 6) is 2.28. The Bertz CT molecular complexity index is 610.